The number of nitrogens with zero attached hydrogens (tertiary/aromatic N) is 2. The Bertz CT molecular complexity index is 868. The molecule has 1 N–H and O–H groups in total. The number of carbonyl (C=O) groups is 3. The molecular weight excluding hydrogens is 382 g/mol. The van der Waals surface area contributed by atoms with Crippen molar-refractivity contribution in [1.82, 2.24) is 9.88 Å². The van der Waals surface area contributed by atoms with Gasteiger partial charge in [0.25, 0.3) is 5.91 Å². The third-order valence-electron chi connectivity index (χ3n) is 4.37. The Morgan fingerprint density at radius 1 is 1.25 bits per heavy atom. The lowest BCUT2D eigenvalue weighted by Gasteiger charge is -2.16. The lowest BCUT2D eigenvalue weighted by Crippen LogP contribution is -2.30. The number of carbonyl (C=O) groups excluding carboxylic acids is 3. The van der Waals surface area contributed by atoms with Crippen LogP contribution < -0.4 is 5.32 Å². The number of halogens is 1. The van der Waals surface area contributed by atoms with Crippen LogP contribution in [0.2, 0.25) is 5.02 Å². The second kappa shape index (κ2) is 8.84. The zero-order valence-corrected chi connectivity index (χ0v) is 16.1. The molecule has 2 heterocycles. The Morgan fingerprint density at radius 3 is 2.61 bits per heavy atom. The summed E-state index contributed by atoms with van der Waals surface area (Å²) in [4.78, 5) is 41.9. The minimum absolute atomic E-state index is 0.151. The maximum atomic E-state index is 12.3. The first kappa shape index (κ1) is 19.8. The molecule has 0 spiro atoms. The number of nitrogens with one attached hydrogen (secondary N) is 1. The molecular formula is C20H20ClN3O4. The first-order valence-corrected chi connectivity index (χ1v) is 9.30. The molecule has 0 unspecified atom stereocenters. The molecule has 146 valence electrons. The Morgan fingerprint density at radius 2 is 2.00 bits per heavy atom. The van der Waals surface area contributed by atoms with Gasteiger partial charge in [-0.25, -0.2) is 9.78 Å². The zero-order chi connectivity index (χ0) is 20.1. The number of aromatic nitrogens is 1. The summed E-state index contributed by atoms with van der Waals surface area (Å²) in [7, 11) is 0. The van der Waals surface area contributed by atoms with Gasteiger partial charge in [-0.15, -0.1) is 0 Å². The fraction of sp³-hybridized carbons (Fsp3) is 0.300. The minimum Gasteiger partial charge on any atom is -0.449 e. The number of rotatable bonds is 6. The highest BCUT2D eigenvalue weighted by Gasteiger charge is 2.21. The summed E-state index contributed by atoms with van der Waals surface area (Å²) in [6.45, 7) is 2.77. The van der Waals surface area contributed by atoms with E-state index in [0.717, 1.165) is 18.5 Å². The predicted molar refractivity (Wildman–Crippen MR) is 104 cm³/mol. The smallest absolute Gasteiger partial charge is 0.338 e. The summed E-state index contributed by atoms with van der Waals surface area (Å²) >= 11 is 5.75. The monoisotopic (exact) mass is 401 g/mol. The van der Waals surface area contributed by atoms with Crippen LogP contribution in [0.25, 0.3) is 0 Å². The summed E-state index contributed by atoms with van der Waals surface area (Å²) in [6.07, 6.45) is 1.89. The number of benzene rings is 1. The van der Waals surface area contributed by atoms with Crippen LogP contribution >= 0.6 is 11.6 Å². The molecule has 1 aromatic carbocycles. The summed E-state index contributed by atoms with van der Waals surface area (Å²) < 4.78 is 5.22. The van der Waals surface area contributed by atoms with Gasteiger partial charge in [0, 0.05) is 25.7 Å². The van der Waals surface area contributed by atoms with Crippen LogP contribution in [0.3, 0.4) is 0 Å². The van der Waals surface area contributed by atoms with Crippen LogP contribution in [0.15, 0.2) is 42.6 Å². The maximum Gasteiger partial charge on any atom is 0.338 e. The van der Waals surface area contributed by atoms with Gasteiger partial charge in [0.05, 0.1) is 10.6 Å². The first-order chi connectivity index (χ1) is 13.4. The molecule has 3 rings (SSSR count). The van der Waals surface area contributed by atoms with Crippen LogP contribution in [0, 0.1) is 0 Å². The normalized spacial score (nSPS) is 14.6. The van der Waals surface area contributed by atoms with Crippen molar-refractivity contribution in [2.45, 2.75) is 32.4 Å². The van der Waals surface area contributed by atoms with Crippen molar-refractivity contribution in [3.8, 4) is 0 Å². The largest absolute Gasteiger partial charge is 0.449 e. The average Bonchev–Trinajstić information content (AvgIpc) is 3.08. The number of amides is 2. The molecule has 2 amide bonds. The predicted octanol–water partition coefficient (Wildman–Crippen LogP) is 3.04. The van der Waals surface area contributed by atoms with Crippen LogP contribution in [0.5, 0.6) is 0 Å². The fourth-order valence-corrected chi connectivity index (χ4v) is 2.91. The van der Waals surface area contributed by atoms with Crippen molar-refractivity contribution in [2.24, 2.45) is 0 Å². The molecule has 1 fully saturated rings. The molecule has 7 nitrogen and oxygen atoms in total. The van der Waals surface area contributed by atoms with Gasteiger partial charge in [-0.2, -0.15) is 0 Å². The second-order valence-corrected chi connectivity index (χ2v) is 6.95. The average molecular weight is 402 g/mol. The van der Waals surface area contributed by atoms with Crippen molar-refractivity contribution in [3.05, 3.63) is 58.7 Å². The number of esters is 1. The molecule has 1 aliphatic rings. The molecule has 1 aromatic heterocycles. The van der Waals surface area contributed by atoms with Crippen molar-refractivity contribution in [2.75, 3.05) is 11.9 Å². The van der Waals surface area contributed by atoms with E-state index >= 15 is 0 Å². The van der Waals surface area contributed by atoms with E-state index in [-0.39, 0.29) is 5.91 Å². The molecule has 0 radical (unpaired) electrons. The molecule has 0 bridgehead atoms. The SMILES string of the molecule is C[C@H](OC(=O)c1ccc(CN2CCCC2=O)cc1)C(=O)Nc1ccc(Cl)cn1. The lowest BCUT2D eigenvalue weighted by molar-refractivity contribution is -0.128. The van der Waals surface area contributed by atoms with E-state index in [0.29, 0.717) is 29.4 Å². The third-order valence-corrected chi connectivity index (χ3v) is 4.59. The van der Waals surface area contributed by atoms with Crippen molar-refractivity contribution in [1.29, 1.82) is 0 Å². The molecule has 1 aliphatic heterocycles. The topological polar surface area (TPSA) is 88.6 Å². The van der Waals surface area contributed by atoms with Crippen molar-refractivity contribution < 1.29 is 19.1 Å². The zero-order valence-electron chi connectivity index (χ0n) is 15.4. The van der Waals surface area contributed by atoms with E-state index in [2.05, 4.69) is 10.3 Å². The molecule has 0 saturated carbocycles. The van der Waals surface area contributed by atoms with Crippen molar-refractivity contribution in [3.63, 3.8) is 0 Å². The molecule has 1 saturated heterocycles. The highest BCUT2D eigenvalue weighted by Crippen LogP contribution is 2.16. The van der Waals surface area contributed by atoms with Gasteiger partial charge in [-0.1, -0.05) is 23.7 Å². The number of anilines is 1. The van der Waals surface area contributed by atoms with Gasteiger partial charge in [0.15, 0.2) is 6.10 Å². The highest BCUT2D eigenvalue weighted by molar-refractivity contribution is 6.30. The number of likely N-dealkylation sites (tertiary alicyclic amines) is 1. The standard InChI is InChI=1S/C20H20ClN3O4/c1-13(19(26)23-17-9-8-16(21)11-22-17)28-20(27)15-6-4-14(5-7-15)12-24-10-2-3-18(24)25/h4-9,11,13H,2-3,10,12H2,1H3,(H,22,23,26)/t13-/m0/s1. The van der Waals surface area contributed by atoms with Gasteiger partial charge in [-0.05, 0) is 43.2 Å². The van der Waals surface area contributed by atoms with Gasteiger partial charge < -0.3 is 15.0 Å². The van der Waals surface area contributed by atoms with Crippen LogP contribution in [-0.2, 0) is 20.9 Å². The van der Waals surface area contributed by atoms with Crippen LogP contribution in [-0.4, -0.2) is 40.3 Å². The summed E-state index contributed by atoms with van der Waals surface area (Å²) in [5, 5.41) is 3.01. The third kappa shape index (κ3) is 5.07. The van der Waals surface area contributed by atoms with Gasteiger partial charge in [0.2, 0.25) is 5.91 Å². The molecule has 0 aliphatic carbocycles. The van der Waals surface area contributed by atoms with E-state index in [4.69, 9.17) is 16.3 Å². The molecule has 8 heteroatoms. The Kier molecular flexibility index (Phi) is 6.26. The summed E-state index contributed by atoms with van der Waals surface area (Å²) in [6, 6.07) is 9.97. The van der Waals surface area contributed by atoms with Gasteiger partial charge in [-0.3, -0.25) is 9.59 Å². The number of hydrogen-bond acceptors (Lipinski definition) is 5. The first-order valence-electron chi connectivity index (χ1n) is 8.92. The van der Waals surface area contributed by atoms with E-state index < -0.39 is 18.0 Å². The number of ether oxygens (including phenoxy) is 1. The Labute approximate surface area is 167 Å². The molecule has 1 atom stereocenters. The Balaban J connectivity index is 1.53. The van der Waals surface area contributed by atoms with E-state index in [1.54, 1.807) is 41.3 Å². The fourth-order valence-electron chi connectivity index (χ4n) is 2.80. The lowest BCUT2D eigenvalue weighted by atomic mass is 10.1. The van der Waals surface area contributed by atoms with E-state index in [1.165, 1.54) is 13.1 Å². The minimum atomic E-state index is -0.994. The quantitative estimate of drug-likeness (QED) is 0.751. The summed E-state index contributed by atoms with van der Waals surface area (Å²) in [5.41, 5.74) is 1.27. The summed E-state index contributed by atoms with van der Waals surface area (Å²) in [5.74, 6) is -0.625. The van der Waals surface area contributed by atoms with Crippen LogP contribution in [0.1, 0.15) is 35.7 Å². The molecule has 28 heavy (non-hydrogen) atoms. The maximum absolute atomic E-state index is 12.3. The van der Waals surface area contributed by atoms with Gasteiger partial charge >= 0.3 is 5.97 Å². The van der Waals surface area contributed by atoms with E-state index in [1.807, 2.05) is 0 Å². The van der Waals surface area contributed by atoms with Crippen LogP contribution in [0.4, 0.5) is 5.82 Å². The van der Waals surface area contributed by atoms with Gasteiger partial charge in [0.1, 0.15) is 5.82 Å². The molecule has 2 aromatic rings. The number of pyridine rings is 1. The Hall–Kier alpha value is -2.93. The highest BCUT2D eigenvalue weighted by atomic mass is 35.5. The van der Waals surface area contributed by atoms with E-state index in [9.17, 15) is 14.4 Å². The van der Waals surface area contributed by atoms with Crippen molar-refractivity contribution >= 4 is 35.2 Å². The second-order valence-electron chi connectivity index (χ2n) is 6.51. The number of hydrogen-bond donors (Lipinski definition) is 1.